The summed E-state index contributed by atoms with van der Waals surface area (Å²) in [5, 5.41) is 0. The fourth-order valence-electron chi connectivity index (χ4n) is 0. The van der Waals surface area contributed by atoms with Gasteiger partial charge in [-0.25, -0.2) is 0 Å². The van der Waals surface area contributed by atoms with Crippen LogP contribution in [0.2, 0.25) is 0 Å². The fourth-order valence-corrected chi connectivity index (χ4v) is 0. The molecule has 16 nitrogen and oxygen atoms in total. The molecule has 0 aromatic carbocycles. The summed E-state index contributed by atoms with van der Waals surface area (Å²) in [5.74, 6) is 0. The van der Waals surface area contributed by atoms with E-state index in [1.807, 2.05) is 0 Å². The Morgan fingerprint density at radius 2 is 0.197 bits per heavy atom. The molecule has 0 aliphatic rings. The Labute approximate surface area is 803 Å². The Morgan fingerprint density at radius 3 is 0.197 bits per heavy atom. The maximum absolute atomic E-state index is 8.82. The van der Waals surface area contributed by atoms with Crippen LogP contribution in [-0.4, -0.2) is 48.6 Å². The molecule has 0 N–H and O–H groups in total. The van der Waals surface area contributed by atoms with Crippen molar-refractivity contribution in [3.8, 4) is 0 Å². The Bertz CT molecular complexity index is 606. The van der Waals surface area contributed by atoms with Gasteiger partial charge in [-0.15, -0.1) is 0 Å². The summed E-state index contributed by atoms with van der Waals surface area (Å²) in [6.45, 7) is 0. The Hall–Kier alpha value is 12.9. The number of isocyanates is 8. The molecule has 0 fully saturated rings. The van der Waals surface area contributed by atoms with Gasteiger partial charge >= 0.3 is 31.1 Å². The number of hydrogen-bond donors (Lipinski definition) is 0. The zero-order valence-corrected chi connectivity index (χ0v) is 111. The smallest absolute Gasteiger partial charge is 0.389 e. The third-order valence-corrected chi connectivity index (χ3v) is 0.516. The molecule has 0 aromatic rings. The maximum atomic E-state index is 8.82. The normalized spacial score (nSPS) is 2.10. The van der Waals surface area contributed by atoms with Crippen LogP contribution in [0, 0.1) is 698 Å². The predicted octanol–water partition coefficient (Wildman–Crippen LogP) is 5.86. The molecule has 0 aromatic heterocycles. The van der Waals surface area contributed by atoms with Crippen molar-refractivity contribution >= 4 is 48.6 Å². The molecule has 0 heterocycles. The Morgan fingerprint density at radius 1 is 0.180 bits per heavy atom. The molecule has 0 aliphatic heterocycles. The molecular weight excluding hydrogens is 4850 g/mol. The summed E-state index contributed by atoms with van der Waals surface area (Å²) >= 11 is 0. The average molecular weight is 4900 g/mol. The number of aliphatic imine (C=N–C) groups is 8. The van der Waals surface area contributed by atoms with Crippen LogP contribution in [0.4, 0.5) is 0 Å². The summed E-state index contributed by atoms with van der Waals surface area (Å²) in [7, 11) is 22.4. The summed E-state index contributed by atoms with van der Waals surface area (Å²) in [5.41, 5.74) is 0. The molecule has 0 unspecified atom stereocenters. The first-order valence-corrected chi connectivity index (χ1v) is 5.95. The van der Waals surface area contributed by atoms with E-state index < -0.39 is 0 Å². The Balaban J connectivity index is -0.00000000289. The molecule has 61 heavy (non-hydrogen) atoms. The van der Waals surface area contributed by atoms with Crippen LogP contribution in [0.5, 0.6) is 0 Å². The van der Waals surface area contributed by atoms with Crippen LogP contribution < -0.4 is 0 Å². The second-order valence-electron chi connectivity index (χ2n) is 2.00. The van der Waals surface area contributed by atoms with E-state index in [1.165, 1.54) is 48.6 Å². The van der Waals surface area contributed by atoms with Crippen LogP contribution in [0.1, 0.15) is 0 Å². The van der Waals surface area contributed by atoms with Crippen molar-refractivity contribution in [1.29, 1.82) is 0 Å². The number of hydrogen-bond acceptors (Lipinski definition) is 16. The first-order valence-electron chi connectivity index (χ1n) is 5.95. The molecule has 0 rings (SSSR count). The third-order valence-electron chi connectivity index (χ3n) is 0.516. The van der Waals surface area contributed by atoms with Crippen LogP contribution in [0.15, 0.2) is 39.9 Å². The molecule has 0 amide bonds. The molecule has 0 spiro atoms. The van der Waals surface area contributed by atoms with Gasteiger partial charge < -0.3 is 160 Å². The molecule has 0 saturated heterocycles. The SMILES string of the molecule is [CH2-]N=C=O.[CH2-]N=C=O.[CH2-]N=C=O.[CH2-]N=C=O.[CH2-]N=C=O.[CH2-]N=C=O.[CH2-]N=C=O.[CH2-]N=C=O.[CH3-].[CH3-].[CH3-].[CH3-].[CH3-].[CH3-].[CH3-].[CH3-].[CH3-].[CH3-].[CH3-].[U+2].[U].[U].[U].[U].[U].[U].[U].[U].[U].[U].[U].[U].[U].[U].[U].[U].[U]. The van der Waals surface area contributed by atoms with E-state index in [4.69, 9.17) is 38.4 Å². The monoisotopic (exact) mass is 4900 g/mol. The van der Waals surface area contributed by atoms with Crippen LogP contribution >= 0.6 is 0 Å². The van der Waals surface area contributed by atoms with Crippen molar-refractivity contribution < 1.29 is 598 Å². The summed E-state index contributed by atoms with van der Waals surface area (Å²) < 4.78 is 0. The number of rotatable bonds is 0. The summed E-state index contributed by atoms with van der Waals surface area (Å²) in [6, 6.07) is 0. The standard InChI is InChI=1S/8C2H2NO.11CH3.18U/c8*1-3-2-4;;;;;;;;;;;;;;;;;;;;;;;;;;;;;/h8*1H2;11*1H3;;;;;;;;;;;;;;;;;;/q19*-1;;;;;;;;;;;;;;;;;;+2. The zero-order chi connectivity index (χ0) is 27.3. The van der Waals surface area contributed by atoms with Gasteiger partial charge in [0.1, 0.15) is 0 Å². The van der Waals surface area contributed by atoms with E-state index in [9.17, 15) is 0 Å². The zero-order valence-electron chi connectivity index (χ0n) is 36.5. The van der Waals surface area contributed by atoms with E-state index in [0.717, 1.165) is 0 Å². The quantitative estimate of drug-likeness (QED) is 0.161. The van der Waals surface area contributed by atoms with Crippen LogP contribution in [0.3, 0.4) is 0 Å². The third kappa shape index (κ3) is 837. The van der Waals surface area contributed by atoms with Gasteiger partial charge in [0.05, 0.1) is 0 Å². The fraction of sp³-hybridized carbons (Fsp3) is 0. The largest absolute Gasteiger partial charge is 2.00 e. The first-order chi connectivity index (χ1) is 15.3. The van der Waals surface area contributed by atoms with Crippen molar-refractivity contribution in [2.75, 3.05) is 0 Å². The van der Waals surface area contributed by atoms with Crippen molar-refractivity contribution in [3.63, 3.8) is 0 Å². The van der Waals surface area contributed by atoms with Crippen molar-refractivity contribution in [3.05, 3.63) is 138 Å². The van der Waals surface area contributed by atoms with Gasteiger partial charge in [-0.1, -0.05) is 0 Å². The predicted molar refractivity (Wildman–Crippen MR) is 178 cm³/mol. The molecule has 0 atom stereocenters. The number of carbonyl (C=O) groups excluding carboxylic acids is 8. The van der Waals surface area contributed by atoms with E-state index in [0.29, 0.717) is 0 Å². The average Bonchev–Trinajstić information content (AvgIpc) is 2.89. The summed E-state index contributed by atoms with van der Waals surface area (Å²) in [6.07, 6.45) is 9.56. The number of nitrogens with zero attached hydrogens (tertiary/aromatic N) is 8. The molecule has 0 aliphatic carbocycles. The van der Waals surface area contributed by atoms with Crippen LogP contribution in [0.25, 0.3) is 0 Å². The van der Waals surface area contributed by atoms with Crippen molar-refractivity contribution in [2.45, 2.75) is 0 Å². The van der Waals surface area contributed by atoms with Gasteiger partial charge in [-0.05, 0) is 48.6 Å². The van der Waals surface area contributed by atoms with E-state index in [1.54, 1.807) is 0 Å². The molecule has 0 bridgehead atoms. The molecule has 0 saturated carbocycles. The van der Waals surface area contributed by atoms with Gasteiger partial charge in [0.15, 0.2) is 0 Å². The minimum absolute atomic E-state index is 0. The Kier molecular flexibility index (Phi) is 2130. The van der Waals surface area contributed by atoms with Crippen molar-refractivity contribution in [1.82, 2.24) is 0 Å². The summed E-state index contributed by atoms with van der Waals surface area (Å²) in [4.78, 5) is 92.0. The minimum atomic E-state index is 0. The van der Waals surface area contributed by atoms with Gasteiger partial charge in [0, 0.05) is 529 Å². The van der Waals surface area contributed by atoms with Crippen molar-refractivity contribution in [2.24, 2.45) is 39.9 Å². The van der Waals surface area contributed by atoms with E-state index in [2.05, 4.69) is 96.3 Å². The minimum Gasteiger partial charge on any atom is -0.389 e. The first kappa shape index (κ1) is 288. The molecule has 0 radical (unpaired) electrons. The van der Waals surface area contributed by atoms with E-state index in [-0.39, 0.29) is 642 Å². The van der Waals surface area contributed by atoms with Gasteiger partial charge in [-0.2, -0.15) is 56.4 Å². The van der Waals surface area contributed by atoms with Crippen LogP contribution in [-0.2, 0) is 38.4 Å². The molecule has 334 valence electrons. The van der Waals surface area contributed by atoms with Gasteiger partial charge in [-0.3, -0.25) is 0 Å². The van der Waals surface area contributed by atoms with Gasteiger partial charge in [0.2, 0.25) is 0 Å². The van der Waals surface area contributed by atoms with Gasteiger partial charge in [0.25, 0.3) is 0 Å². The second-order valence-corrected chi connectivity index (χ2v) is 2.00. The van der Waals surface area contributed by atoms with E-state index >= 15 is 0 Å². The maximum Gasteiger partial charge on any atom is 2.00 e. The molecule has 34 heteroatoms. The topological polar surface area (TPSA) is 235 Å². The second kappa shape index (κ2) is 451. The molecular formula is C27H49N8O8U18-17.